The van der Waals surface area contributed by atoms with E-state index in [9.17, 15) is 0 Å². The summed E-state index contributed by atoms with van der Waals surface area (Å²) >= 11 is 0. The van der Waals surface area contributed by atoms with Gasteiger partial charge in [0.05, 0.1) is 21.3 Å². The van der Waals surface area contributed by atoms with Gasteiger partial charge in [-0.05, 0) is 34.9 Å². The molecule has 7 heteroatoms. The molecule has 1 aromatic heterocycles. The molecule has 0 aliphatic heterocycles. The van der Waals surface area contributed by atoms with Crippen LogP contribution in [0.2, 0.25) is 0 Å². The Balaban J connectivity index is 2.11. The minimum absolute atomic E-state index is 0.145. The Kier molecular flexibility index (Phi) is 4.79. The molecular formula is C19H20N4O3. The molecule has 0 saturated carbocycles. The van der Waals surface area contributed by atoms with Gasteiger partial charge < -0.3 is 25.7 Å². The fourth-order valence-corrected chi connectivity index (χ4v) is 2.75. The van der Waals surface area contributed by atoms with Crippen molar-refractivity contribution in [3.8, 4) is 39.5 Å². The molecule has 3 aromatic rings. The van der Waals surface area contributed by atoms with E-state index >= 15 is 0 Å². The molecule has 0 aliphatic carbocycles. The van der Waals surface area contributed by atoms with Crippen LogP contribution in [0, 0.1) is 0 Å². The van der Waals surface area contributed by atoms with Crippen LogP contribution in [0.4, 0.5) is 11.8 Å². The van der Waals surface area contributed by atoms with E-state index in [1.807, 2.05) is 36.4 Å². The Morgan fingerprint density at radius 2 is 1.46 bits per heavy atom. The van der Waals surface area contributed by atoms with Crippen LogP contribution < -0.4 is 25.7 Å². The lowest BCUT2D eigenvalue weighted by Crippen LogP contribution is -2.01. The fraction of sp³-hybridized carbons (Fsp3) is 0.158. The number of anilines is 2. The summed E-state index contributed by atoms with van der Waals surface area (Å²) in [6.45, 7) is 0. The summed E-state index contributed by atoms with van der Waals surface area (Å²) in [6, 6.07) is 11.6. The summed E-state index contributed by atoms with van der Waals surface area (Å²) in [5.74, 6) is 2.20. The van der Waals surface area contributed by atoms with Crippen molar-refractivity contribution in [3.63, 3.8) is 0 Å². The van der Waals surface area contributed by atoms with Crippen LogP contribution in [0.3, 0.4) is 0 Å². The van der Waals surface area contributed by atoms with Crippen LogP contribution in [0.15, 0.2) is 42.6 Å². The van der Waals surface area contributed by atoms with Gasteiger partial charge in [0.25, 0.3) is 0 Å². The van der Waals surface area contributed by atoms with Crippen LogP contribution in [0.1, 0.15) is 0 Å². The summed E-state index contributed by atoms with van der Waals surface area (Å²) in [5, 5.41) is 0. The predicted octanol–water partition coefficient (Wildman–Crippen LogP) is 3.00. The summed E-state index contributed by atoms with van der Waals surface area (Å²) < 4.78 is 16.2. The summed E-state index contributed by atoms with van der Waals surface area (Å²) in [6.07, 6.45) is 1.62. The maximum absolute atomic E-state index is 5.98. The number of hydrogen-bond acceptors (Lipinski definition) is 7. The Morgan fingerprint density at radius 3 is 2.04 bits per heavy atom. The van der Waals surface area contributed by atoms with Gasteiger partial charge in [0.15, 0.2) is 11.5 Å². The molecular weight excluding hydrogens is 332 g/mol. The van der Waals surface area contributed by atoms with Gasteiger partial charge in [-0.25, -0.2) is 4.98 Å². The molecule has 0 radical (unpaired) electrons. The maximum Gasteiger partial charge on any atom is 0.221 e. The second kappa shape index (κ2) is 7.18. The van der Waals surface area contributed by atoms with Crippen molar-refractivity contribution in [1.29, 1.82) is 0 Å². The number of ether oxygens (including phenoxy) is 3. The van der Waals surface area contributed by atoms with E-state index in [0.29, 0.717) is 28.6 Å². The Morgan fingerprint density at radius 1 is 0.808 bits per heavy atom. The number of methoxy groups -OCH3 is 3. The molecule has 3 rings (SSSR count). The van der Waals surface area contributed by atoms with Gasteiger partial charge in [0.1, 0.15) is 5.82 Å². The molecule has 0 bridgehead atoms. The average molecular weight is 352 g/mol. The summed E-state index contributed by atoms with van der Waals surface area (Å²) in [5.41, 5.74) is 15.0. The number of nitrogens with two attached hydrogens (primary N) is 2. The average Bonchev–Trinajstić information content (AvgIpc) is 2.66. The van der Waals surface area contributed by atoms with E-state index in [-0.39, 0.29) is 5.95 Å². The number of benzene rings is 2. The highest BCUT2D eigenvalue weighted by Crippen LogP contribution is 2.41. The molecule has 26 heavy (non-hydrogen) atoms. The molecule has 0 amide bonds. The molecule has 0 saturated heterocycles. The van der Waals surface area contributed by atoms with Gasteiger partial charge in [-0.15, -0.1) is 0 Å². The van der Waals surface area contributed by atoms with E-state index in [4.69, 9.17) is 25.7 Å². The normalized spacial score (nSPS) is 10.4. The second-order valence-electron chi connectivity index (χ2n) is 5.52. The molecule has 1 heterocycles. The lowest BCUT2D eigenvalue weighted by atomic mass is 9.99. The zero-order valence-electron chi connectivity index (χ0n) is 14.8. The molecule has 0 atom stereocenters. The minimum Gasteiger partial charge on any atom is -0.493 e. The van der Waals surface area contributed by atoms with Crippen molar-refractivity contribution in [1.82, 2.24) is 9.97 Å². The number of nitrogen functional groups attached to an aromatic ring is 2. The molecule has 2 aromatic carbocycles. The lowest BCUT2D eigenvalue weighted by Gasteiger charge is -2.15. The summed E-state index contributed by atoms with van der Waals surface area (Å²) in [4.78, 5) is 8.04. The van der Waals surface area contributed by atoms with E-state index < -0.39 is 0 Å². The second-order valence-corrected chi connectivity index (χ2v) is 5.52. The molecule has 4 N–H and O–H groups in total. The molecule has 134 valence electrons. The van der Waals surface area contributed by atoms with Crippen molar-refractivity contribution < 1.29 is 14.2 Å². The molecule has 0 fully saturated rings. The first-order valence-corrected chi connectivity index (χ1v) is 7.86. The SMILES string of the molecule is COc1cc(-c2cccc(-c3cnc(N)nc3N)c2)cc(OC)c1OC. The quantitative estimate of drug-likeness (QED) is 0.727. The van der Waals surface area contributed by atoms with Crippen LogP contribution in [-0.2, 0) is 0 Å². The molecule has 0 spiro atoms. The Bertz CT molecular complexity index is 919. The third kappa shape index (κ3) is 3.19. The first kappa shape index (κ1) is 17.3. The number of aromatic nitrogens is 2. The topological polar surface area (TPSA) is 106 Å². The maximum atomic E-state index is 5.98. The molecule has 0 unspecified atom stereocenters. The zero-order chi connectivity index (χ0) is 18.7. The van der Waals surface area contributed by atoms with Gasteiger partial charge in [-0.1, -0.05) is 18.2 Å². The fourth-order valence-electron chi connectivity index (χ4n) is 2.75. The highest BCUT2D eigenvalue weighted by molar-refractivity contribution is 5.79. The van der Waals surface area contributed by atoms with E-state index in [1.54, 1.807) is 27.5 Å². The largest absolute Gasteiger partial charge is 0.493 e. The summed E-state index contributed by atoms with van der Waals surface area (Å²) in [7, 11) is 4.75. The smallest absolute Gasteiger partial charge is 0.221 e. The highest BCUT2D eigenvalue weighted by Gasteiger charge is 2.15. The minimum atomic E-state index is 0.145. The van der Waals surface area contributed by atoms with Gasteiger partial charge in [0.2, 0.25) is 11.7 Å². The van der Waals surface area contributed by atoms with Gasteiger partial charge >= 0.3 is 0 Å². The van der Waals surface area contributed by atoms with Gasteiger partial charge in [-0.2, -0.15) is 4.98 Å². The first-order chi connectivity index (χ1) is 12.6. The number of hydrogen-bond donors (Lipinski definition) is 2. The van der Waals surface area contributed by atoms with E-state index in [1.165, 1.54) is 0 Å². The predicted molar refractivity (Wildman–Crippen MR) is 101 cm³/mol. The van der Waals surface area contributed by atoms with Crippen LogP contribution in [-0.4, -0.2) is 31.3 Å². The molecule has 7 nitrogen and oxygen atoms in total. The number of rotatable bonds is 5. The standard InChI is InChI=1S/C19H20N4O3/c1-24-15-8-13(9-16(25-2)17(15)26-3)11-5-4-6-12(7-11)14-10-22-19(21)23-18(14)20/h4-10H,1-3H3,(H4,20,21,22,23). The van der Waals surface area contributed by atoms with E-state index in [2.05, 4.69) is 9.97 Å². The van der Waals surface area contributed by atoms with Crippen molar-refractivity contribution in [2.75, 3.05) is 32.8 Å². The first-order valence-electron chi connectivity index (χ1n) is 7.86. The van der Waals surface area contributed by atoms with Crippen LogP contribution in [0.5, 0.6) is 17.2 Å². The van der Waals surface area contributed by atoms with Crippen LogP contribution >= 0.6 is 0 Å². The monoisotopic (exact) mass is 352 g/mol. The van der Waals surface area contributed by atoms with Gasteiger partial charge in [0, 0.05) is 11.8 Å². The van der Waals surface area contributed by atoms with Crippen LogP contribution in [0.25, 0.3) is 22.3 Å². The van der Waals surface area contributed by atoms with Crippen molar-refractivity contribution in [3.05, 3.63) is 42.6 Å². The lowest BCUT2D eigenvalue weighted by molar-refractivity contribution is 0.324. The Hall–Kier alpha value is -3.48. The van der Waals surface area contributed by atoms with Crippen molar-refractivity contribution in [2.24, 2.45) is 0 Å². The Labute approximate surface area is 151 Å². The van der Waals surface area contributed by atoms with Crippen molar-refractivity contribution >= 4 is 11.8 Å². The number of nitrogens with zero attached hydrogens (tertiary/aromatic N) is 2. The third-order valence-electron chi connectivity index (χ3n) is 4.01. The third-order valence-corrected chi connectivity index (χ3v) is 4.01. The zero-order valence-corrected chi connectivity index (χ0v) is 14.8. The van der Waals surface area contributed by atoms with E-state index in [0.717, 1.165) is 16.7 Å². The van der Waals surface area contributed by atoms with Gasteiger partial charge in [-0.3, -0.25) is 0 Å². The molecule has 0 aliphatic rings. The highest BCUT2D eigenvalue weighted by atomic mass is 16.5. The van der Waals surface area contributed by atoms with Crippen molar-refractivity contribution in [2.45, 2.75) is 0 Å².